The van der Waals surface area contributed by atoms with Gasteiger partial charge in [0.05, 0.1) is 7.11 Å². The van der Waals surface area contributed by atoms with Crippen LogP contribution in [0.25, 0.3) is 0 Å². The predicted molar refractivity (Wildman–Crippen MR) is 86.6 cm³/mol. The summed E-state index contributed by atoms with van der Waals surface area (Å²) < 4.78 is 14.8. The molecule has 0 saturated heterocycles. The van der Waals surface area contributed by atoms with Gasteiger partial charge in [0.15, 0.2) is 0 Å². The molecule has 0 saturated carbocycles. The summed E-state index contributed by atoms with van der Waals surface area (Å²) in [4.78, 5) is 36.5. The van der Waals surface area contributed by atoms with E-state index in [1.807, 2.05) is 0 Å². The molecule has 0 aliphatic carbocycles. The molecule has 9 heteroatoms. The number of methoxy groups -OCH3 is 1. The van der Waals surface area contributed by atoms with Crippen LogP contribution >= 0.6 is 0 Å². The number of esters is 1. The number of nitrogens with one attached hydrogen (secondary N) is 2. The van der Waals surface area contributed by atoms with Crippen molar-refractivity contribution in [1.82, 2.24) is 10.2 Å². The predicted octanol–water partition coefficient (Wildman–Crippen LogP) is 2.24. The summed E-state index contributed by atoms with van der Waals surface area (Å²) in [5, 5.41) is 10.0. The van der Waals surface area contributed by atoms with Crippen LogP contribution in [-0.4, -0.2) is 53.4 Å². The van der Waals surface area contributed by atoms with Crippen molar-refractivity contribution in [3.8, 4) is 0 Å². The zero-order valence-electron chi connectivity index (χ0n) is 15.5. The van der Waals surface area contributed by atoms with Crippen molar-refractivity contribution in [3.05, 3.63) is 0 Å². The Balaban J connectivity index is 5.31. The number of hydrogen-bond donors (Lipinski definition) is 2. The highest BCUT2D eigenvalue weighted by Crippen LogP contribution is 2.13. The molecule has 0 bridgehead atoms. The second-order valence-corrected chi connectivity index (χ2v) is 7.02. The van der Waals surface area contributed by atoms with Crippen LogP contribution in [0.5, 0.6) is 0 Å². The number of nitrogens with zero attached hydrogens (tertiary/aromatic N) is 1. The van der Waals surface area contributed by atoms with Gasteiger partial charge >= 0.3 is 18.2 Å². The van der Waals surface area contributed by atoms with E-state index in [4.69, 9.17) is 14.9 Å². The van der Waals surface area contributed by atoms with Gasteiger partial charge in [-0.1, -0.05) is 0 Å². The maximum Gasteiger partial charge on any atom is 0.417 e. The van der Waals surface area contributed by atoms with Crippen molar-refractivity contribution in [3.63, 3.8) is 0 Å². The summed E-state index contributed by atoms with van der Waals surface area (Å²) >= 11 is 0. The molecule has 1 atom stereocenters. The quantitative estimate of drug-likeness (QED) is 0.343. The SMILES string of the molecule is COC(=O)C(C)N(C(=N)NC(=O)OC(C)(C)C)C(=O)OC(C)(C)C. The number of rotatable bonds is 2. The third-order valence-electron chi connectivity index (χ3n) is 2.38. The van der Waals surface area contributed by atoms with Gasteiger partial charge in [0.25, 0.3) is 0 Å². The fraction of sp³-hybridized carbons (Fsp3) is 0.733. The largest absolute Gasteiger partial charge is 0.467 e. The first-order valence-electron chi connectivity index (χ1n) is 7.36. The summed E-state index contributed by atoms with van der Waals surface area (Å²) in [7, 11) is 1.15. The first kappa shape index (κ1) is 21.7. The minimum atomic E-state index is -1.17. The number of guanidine groups is 1. The lowest BCUT2D eigenvalue weighted by Gasteiger charge is -2.30. The van der Waals surface area contributed by atoms with Gasteiger partial charge in [-0.15, -0.1) is 0 Å². The van der Waals surface area contributed by atoms with E-state index in [2.05, 4.69) is 10.1 Å². The molecule has 9 nitrogen and oxygen atoms in total. The van der Waals surface area contributed by atoms with Crippen LogP contribution < -0.4 is 5.32 Å². The maximum absolute atomic E-state index is 12.3. The highest BCUT2D eigenvalue weighted by atomic mass is 16.6. The third kappa shape index (κ3) is 7.80. The summed E-state index contributed by atoms with van der Waals surface area (Å²) in [5.41, 5.74) is -1.63. The van der Waals surface area contributed by atoms with E-state index < -0.39 is 41.4 Å². The molecule has 0 radical (unpaired) electrons. The summed E-state index contributed by atoms with van der Waals surface area (Å²) in [5.74, 6) is -1.42. The summed E-state index contributed by atoms with van der Waals surface area (Å²) in [6, 6.07) is -1.17. The Morgan fingerprint density at radius 3 is 1.83 bits per heavy atom. The minimum absolute atomic E-state index is 0.656. The number of hydrogen-bond acceptors (Lipinski definition) is 7. The van der Waals surface area contributed by atoms with Gasteiger partial charge in [0.1, 0.15) is 17.2 Å². The lowest BCUT2D eigenvalue weighted by atomic mass is 10.2. The molecule has 0 aliphatic rings. The van der Waals surface area contributed by atoms with Gasteiger partial charge in [-0.2, -0.15) is 0 Å². The molecule has 2 amide bonds. The Morgan fingerprint density at radius 1 is 1.00 bits per heavy atom. The van der Waals surface area contributed by atoms with E-state index in [-0.39, 0.29) is 0 Å². The zero-order valence-corrected chi connectivity index (χ0v) is 15.5. The number of carbonyl (C=O) groups excluding carboxylic acids is 3. The van der Waals surface area contributed by atoms with E-state index in [1.165, 1.54) is 6.92 Å². The molecule has 0 aromatic carbocycles. The average molecular weight is 345 g/mol. The highest BCUT2D eigenvalue weighted by Gasteiger charge is 2.35. The molecule has 0 aromatic rings. The maximum atomic E-state index is 12.3. The van der Waals surface area contributed by atoms with Gasteiger partial charge in [0.2, 0.25) is 5.96 Å². The lowest BCUT2D eigenvalue weighted by Crippen LogP contribution is -2.55. The Labute approximate surface area is 142 Å². The molecule has 0 rings (SSSR count). The lowest BCUT2D eigenvalue weighted by molar-refractivity contribution is -0.144. The van der Waals surface area contributed by atoms with E-state index in [0.29, 0.717) is 4.90 Å². The van der Waals surface area contributed by atoms with Crippen LogP contribution in [0.1, 0.15) is 48.5 Å². The van der Waals surface area contributed by atoms with Crippen molar-refractivity contribution in [2.45, 2.75) is 65.7 Å². The van der Waals surface area contributed by atoms with Gasteiger partial charge in [0, 0.05) is 0 Å². The van der Waals surface area contributed by atoms with Crippen molar-refractivity contribution in [1.29, 1.82) is 5.41 Å². The standard InChI is InChI=1S/C15H27N3O6/c1-9(10(19)22-8)18(13(21)24-15(5,6)7)11(16)17-12(20)23-14(2,3)4/h9H,1-8H3,(H2,16,17,20). The smallest absolute Gasteiger partial charge is 0.417 e. The van der Waals surface area contributed by atoms with Crippen LogP contribution in [0.3, 0.4) is 0 Å². The van der Waals surface area contributed by atoms with Crippen molar-refractivity contribution >= 4 is 24.1 Å². The summed E-state index contributed by atoms with van der Waals surface area (Å²) in [6.45, 7) is 11.2. The van der Waals surface area contributed by atoms with E-state index in [0.717, 1.165) is 7.11 Å². The van der Waals surface area contributed by atoms with E-state index in [1.54, 1.807) is 41.5 Å². The topological polar surface area (TPSA) is 118 Å². The van der Waals surface area contributed by atoms with Crippen LogP contribution in [-0.2, 0) is 19.0 Å². The molecule has 0 aromatic heterocycles. The van der Waals surface area contributed by atoms with Gasteiger partial charge in [-0.25, -0.2) is 19.3 Å². The molecule has 138 valence electrons. The molecule has 2 N–H and O–H groups in total. The fourth-order valence-electron chi connectivity index (χ4n) is 1.49. The van der Waals surface area contributed by atoms with Crippen molar-refractivity contribution in [2.75, 3.05) is 7.11 Å². The van der Waals surface area contributed by atoms with Crippen LogP contribution in [0.2, 0.25) is 0 Å². The fourth-order valence-corrected chi connectivity index (χ4v) is 1.49. The second kappa shape index (κ2) is 7.98. The Morgan fingerprint density at radius 2 is 1.46 bits per heavy atom. The van der Waals surface area contributed by atoms with Crippen molar-refractivity contribution in [2.24, 2.45) is 0 Å². The van der Waals surface area contributed by atoms with Crippen LogP contribution in [0, 0.1) is 5.41 Å². The second-order valence-electron chi connectivity index (χ2n) is 7.02. The Bertz CT molecular complexity index is 504. The average Bonchev–Trinajstić information content (AvgIpc) is 2.32. The monoisotopic (exact) mass is 345 g/mol. The number of carbonyl (C=O) groups is 3. The molecule has 0 aliphatic heterocycles. The van der Waals surface area contributed by atoms with E-state index >= 15 is 0 Å². The number of ether oxygens (including phenoxy) is 3. The number of alkyl carbamates (subject to hydrolysis) is 1. The van der Waals surface area contributed by atoms with Gasteiger partial charge in [-0.3, -0.25) is 10.7 Å². The van der Waals surface area contributed by atoms with Gasteiger partial charge in [-0.05, 0) is 48.5 Å². The first-order chi connectivity index (χ1) is 10.7. The Kier molecular flexibility index (Phi) is 7.21. The van der Waals surface area contributed by atoms with Gasteiger partial charge < -0.3 is 14.2 Å². The molecule has 0 fully saturated rings. The summed E-state index contributed by atoms with van der Waals surface area (Å²) in [6.07, 6.45) is -1.90. The van der Waals surface area contributed by atoms with Crippen LogP contribution in [0.15, 0.2) is 0 Å². The van der Waals surface area contributed by atoms with Crippen LogP contribution in [0.4, 0.5) is 9.59 Å². The Hall–Kier alpha value is -2.32. The van der Waals surface area contributed by atoms with E-state index in [9.17, 15) is 14.4 Å². The third-order valence-corrected chi connectivity index (χ3v) is 2.38. The molecule has 24 heavy (non-hydrogen) atoms. The highest BCUT2D eigenvalue weighted by molar-refractivity contribution is 6.02. The normalized spacial score (nSPS) is 12.7. The molecule has 1 unspecified atom stereocenters. The molecular weight excluding hydrogens is 318 g/mol. The molecule has 0 heterocycles. The zero-order chi connectivity index (χ0) is 19.3. The minimum Gasteiger partial charge on any atom is -0.467 e. The number of amides is 2. The first-order valence-corrected chi connectivity index (χ1v) is 7.36. The van der Waals surface area contributed by atoms with Crippen molar-refractivity contribution < 1.29 is 28.6 Å². The molecular formula is C15H27N3O6. The molecule has 0 spiro atoms.